The fourth-order valence-corrected chi connectivity index (χ4v) is 6.44. The Hall–Kier alpha value is -1.93. The molecule has 0 unspecified atom stereocenters. The number of nitrogens with zero attached hydrogens (tertiary/aromatic N) is 5. The molecule has 296 valence electrons. The van der Waals surface area contributed by atoms with Gasteiger partial charge in [-0.15, -0.1) is 0 Å². The van der Waals surface area contributed by atoms with Gasteiger partial charge in [0, 0.05) is 118 Å². The summed E-state index contributed by atoms with van der Waals surface area (Å²) in [7, 11) is 0. The van der Waals surface area contributed by atoms with Crippen molar-refractivity contribution in [2.24, 2.45) is 0 Å². The van der Waals surface area contributed by atoms with Crippen LogP contribution in [-0.2, 0) is 38.7 Å². The average Bonchev–Trinajstić information content (AvgIpc) is 3.06. The van der Waals surface area contributed by atoms with Gasteiger partial charge in [0.2, 0.25) is 5.91 Å². The number of pyridine rings is 1. The number of nitrogens with one attached hydrogen (secondary N) is 4. The summed E-state index contributed by atoms with van der Waals surface area (Å²) in [6.07, 6.45) is 5.91. The smallest absolute Gasteiger partial charge is 0.317 e. The van der Waals surface area contributed by atoms with Crippen molar-refractivity contribution in [2.75, 3.05) is 111 Å². The van der Waals surface area contributed by atoms with E-state index in [9.17, 15) is 34.5 Å². The van der Waals surface area contributed by atoms with Gasteiger partial charge in [0.25, 0.3) is 0 Å². The third-order valence-electron chi connectivity index (χ3n) is 9.01. The van der Waals surface area contributed by atoms with Gasteiger partial charge in [-0.05, 0) is 88.9 Å². The fraction of sp³-hybridized carbons (Fsp3) is 0.743. The van der Waals surface area contributed by atoms with Crippen LogP contribution in [0.1, 0.15) is 55.5 Å². The summed E-state index contributed by atoms with van der Waals surface area (Å²) in [4.78, 5) is 59.8. The van der Waals surface area contributed by atoms with Crippen molar-refractivity contribution in [3.63, 3.8) is 0 Å². The van der Waals surface area contributed by atoms with Crippen molar-refractivity contribution in [3.8, 4) is 0 Å². The van der Waals surface area contributed by atoms with E-state index in [0.29, 0.717) is 63.4 Å². The number of carboxylic acid groups (broad SMARTS) is 3. The Labute approximate surface area is 340 Å². The largest absolute Gasteiger partial charge is 0.480 e. The van der Waals surface area contributed by atoms with Crippen LogP contribution in [0, 0.1) is 39.9 Å². The number of fused-ring (bicyclic) bond motifs is 2. The number of aryl methyl sites for hydroxylation is 1. The first-order valence-corrected chi connectivity index (χ1v) is 18.6. The summed E-state index contributed by atoms with van der Waals surface area (Å²) in [5, 5.41) is 42.0. The number of rotatable bonds is 15. The van der Waals surface area contributed by atoms with E-state index < -0.39 is 17.9 Å². The van der Waals surface area contributed by atoms with Gasteiger partial charge in [-0.2, -0.15) is 0 Å². The zero-order valence-electron chi connectivity index (χ0n) is 30.6. The van der Waals surface area contributed by atoms with Crippen LogP contribution >= 0.6 is 0 Å². The molecule has 3 heterocycles. The summed E-state index contributed by atoms with van der Waals surface area (Å²) >= 11 is 0. The van der Waals surface area contributed by atoms with Crippen LogP contribution in [0.15, 0.2) is 12.1 Å². The summed E-state index contributed by atoms with van der Waals surface area (Å²) in [5.74, 6) is -2.93. The summed E-state index contributed by atoms with van der Waals surface area (Å²) in [6.45, 7) is 10.7. The van der Waals surface area contributed by atoms with Crippen molar-refractivity contribution in [2.45, 2.75) is 58.0 Å². The van der Waals surface area contributed by atoms with E-state index in [0.717, 1.165) is 90.1 Å². The van der Waals surface area contributed by atoms with E-state index in [-0.39, 0.29) is 78.6 Å². The molecule has 2 bridgehead atoms. The van der Waals surface area contributed by atoms with Gasteiger partial charge in [0.15, 0.2) is 0 Å². The molecule has 1 amide bonds. The summed E-state index contributed by atoms with van der Waals surface area (Å²) in [6, 6.07) is 3.87. The van der Waals surface area contributed by atoms with Gasteiger partial charge in [0.1, 0.15) is 0 Å². The number of amides is 1. The number of carbonyl (C=O) groups is 4. The molecule has 1 aromatic heterocycles. The molecule has 1 fully saturated rings. The molecular weight excluding hydrogens is 816 g/mol. The number of unbranched alkanes of at least 4 members (excludes halogenated alkanes) is 1. The van der Waals surface area contributed by atoms with Crippen LogP contribution in [0.5, 0.6) is 0 Å². The summed E-state index contributed by atoms with van der Waals surface area (Å²) < 4.78 is 0. The third-order valence-corrected chi connectivity index (χ3v) is 9.01. The SMILES string of the molecule is O=C(O)CN1CCN(CC(=O)O)Cc2cc(CCCNC(=O)CCCCN3CCCNCCNCCCNCC3)cc(n2)CN(CC(=O)O)CC1.[Gd]. The molecule has 1 saturated heterocycles. The van der Waals surface area contributed by atoms with Gasteiger partial charge in [-0.3, -0.25) is 38.9 Å². The topological polar surface area (TPSA) is 203 Å². The maximum Gasteiger partial charge on any atom is 0.317 e. The molecular formula is C35H61GdN9O7. The molecule has 3 rings (SSSR count). The van der Waals surface area contributed by atoms with E-state index >= 15 is 0 Å². The predicted octanol–water partition coefficient (Wildman–Crippen LogP) is -0.661. The number of aliphatic carboxylic acids is 3. The second-order valence-electron chi connectivity index (χ2n) is 13.5. The van der Waals surface area contributed by atoms with Crippen LogP contribution in [0.4, 0.5) is 0 Å². The van der Waals surface area contributed by atoms with Gasteiger partial charge in [-0.25, -0.2) is 0 Å². The maximum absolute atomic E-state index is 12.6. The third kappa shape index (κ3) is 21.7. The Morgan fingerprint density at radius 2 is 1.17 bits per heavy atom. The van der Waals surface area contributed by atoms with Crippen molar-refractivity contribution < 1.29 is 74.4 Å². The van der Waals surface area contributed by atoms with Gasteiger partial charge >= 0.3 is 17.9 Å². The second kappa shape index (κ2) is 27.6. The Bertz CT molecular complexity index is 1150. The number of hydrogen-bond acceptors (Lipinski definition) is 12. The fourth-order valence-electron chi connectivity index (χ4n) is 6.44. The number of carboxylic acids is 3. The molecule has 0 spiro atoms. The minimum atomic E-state index is -1.00. The first kappa shape index (κ1) is 46.2. The minimum absolute atomic E-state index is 0. The van der Waals surface area contributed by atoms with Crippen molar-refractivity contribution in [1.82, 2.24) is 45.9 Å². The van der Waals surface area contributed by atoms with E-state index in [1.54, 1.807) is 14.7 Å². The number of hydrogen-bond donors (Lipinski definition) is 7. The molecule has 0 radical (unpaired) electrons. The van der Waals surface area contributed by atoms with Crippen LogP contribution in [-0.4, -0.2) is 175 Å². The predicted molar refractivity (Wildman–Crippen MR) is 194 cm³/mol. The monoisotopic (exact) mass is 877 g/mol. The van der Waals surface area contributed by atoms with E-state index in [4.69, 9.17) is 4.98 Å². The van der Waals surface area contributed by atoms with E-state index in [2.05, 4.69) is 26.2 Å². The molecule has 2 aliphatic rings. The quantitative estimate of drug-likeness (QED) is 0.110. The van der Waals surface area contributed by atoms with Gasteiger partial charge < -0.3 is 41.5 Å². The van der Waals surface area contributed by atoms with Gasteiger partial charge in [0.05, 0.1) is 31.0 Å². The van der Waals surface area contributed by atoms with Crippen LogP contribution in [0.3, 0.4) is 0 Å². The first-order chi connectivity index (χ1) is 24.7. The molecule has 52 heavy (non-hydrogen) atoms. The molecule has 1 aromatic rings. The van der Waals surface area contributed by atoms with Crippen LogP contribution in [0.2, 0.25) is 0 Å². The number of carbonyl (C=O) groups excluding carboxylic acids is 1. The Balaban J connectivity index is 0.00000936. The molecule has 2 aliphatic heterocycles. The Morgan fingerprint density at radius 3 is 1.77 bits per heavy atom. The standard InChI is InChI=1S/C35H61N9O7.Gd/c45-32(7-1-2-15-41-16-5-10-37-13-12-36-8-4-9-38-14-17-41)39-11-3-6-29-22-30-24-43(27-34(48)49)20-18-42(26-33(46)47)19-21-44(28-35(50)51)25-31(23-29)40-30;/h22-23,36-38H,1-21,24-28H2,(H,39,45)(H,46,47)(H,48,49)(H,50,51);. The first-order valence-electron chi connectivity index (χ1n) is 18.6. The second-order valence-corrected chi connectivity index (χ2v) is 13.5. The van der Waals surface area contributed by atoms with E-state index in [1.165, 1.54) is 0 Å². The zero-order chi connectivity index (χ0) is 36.7. The van der Waals surface area contributed by atoms with Crippen LogP contribution in [0.25, 0.3) is 0 Å². The minimum Gasteiger partial charge on any atom is -0.480 e. The Morgan fingerprint density at radius 1 is 0.635 bits per heavy atom. The van der Waals surface area contributed by atoms with Crippen molar-refractivity contribution >= 4 is 23.8 Å². The van der Waals surface area contributed by atoms with E-state index in [1.807, 2.05) is 12.1 Å². The molecule has 17 heteroatoms. The maximum atomic E-state index is 12.6. The Kier molecular flexibility index (Phi) is 24.6. The molecule has 0 aromatic carbocycles. The molecule has 7 N–H and O–H groups in total. The average molecular weight is 877 g/mol. The summed E-state index contributed by atoms with van der Waals surface area (Å²) in [5.41, 5.74) is 2.32. The molecule has 0 atom stereocenters. The van der Waals surface area contributed by atoms with Gasteiger partial charge in [-0.1, -0.05) is 0 Å². The number of aromatic nitrogens is 1. The van der Waals surface area contributed by atoms with Crippen molar-refractivity contribution in [3.05, 3.63) is 29.1 Å². The molecule has 16 nitrogen and oxygen atoms in total. The molecule has 0 aliphatic carbocycles. The zero-order valence-corrected chi connectivity index (χ0v) is 32.9. The van der Waals surface area contributed by atoms with Crippen LogP contribution < -0.4 is 21.3 Å². The molecule has 0 saturated carbocycles. The normalized spacial score (nSPS) is 18.5. The van der Waals surface area contributed by atoms with Crippen molar-refractivity contribution in [1.29, 1.82) is 0 Å².